The van der Waals surface area contributed by atoms with Crippen LogP contribution in [0.3, 0.4) is 0 Å². The summed E-state index contributed by atoms with van der Waals surface area (Å²) in [6.45, 7) is 6.90. The molecule has 0 aromatic heterocycles. The number of hydrogen-bond acceptors (Lipinski definition) is 2. The van der Waals surface area contributed by atoms with Gasteiger partial charge >= 0.3 is 6.18 Å². The first-order chi connectivity index (χ1) is 11.0. The van der Waals surface area contributed by atoms with Crippen LogP contribution in [0.5, 0.6) is 0 Å². The molecule has 0 aliphatic carbocycles. The number of benzene rings is 1. The van der Waals surface area contributed by atoms with Gasteiger partial charge in [0.25, 0.3) is 5.91 Å². The number of piperazine rings is 1. The van der Waals surface area contributed by atoms with E-state index in [4.69, 9.17) is 0 Å². The maximum absolute atomic E-state index is 12.8. The van der Waals surface area contributed by atoms with Crippen molar-refractivity contribution in [3.8, 4) is 0 Å². The SMILES string of the molecule is CC(C)(C)C(=O)N1CCN(C(=O)c2cccc(C(F)(F)F)c2)CC1. The Morgan fingerprint density at radius 3 is 2.00 bits per heavy atom. The van der Waals surface area contributed by atoms with Crippen molar-refractivity contribution < 1.29 is 22.8 Å². The number of hydrogen-bond donors (Lipinski definition) is 0. The van der Waals surface area contributed by atoms with Crippen LogP contribution in [0.25, 0.3) is 0 Å². The minimum Gasteiger partial charge on any atom is -0.339 e. The molecule has 132 valence electrons. The van der Waals surface area contributed by atoms with Crippen molar-refractivity contribution in [3.05, 3.63) is 35.4 Å². The molecule has 24 heavy (non-hydrogen) atoms. The highest BCUT2D eigenvalue weighted by Crippen LogP contribution is 2.30. The van der Waals surface area contributed by atoms with E-state index >= 15 is 0 Å². The average molecular weight is 342 g/mol. The Morgan fingerprint density at radius 1 is 0.958 bits per heavy atom. The number of rotatable bonds is 1. The Bertz CT molecular complexity index is 627. The van der Waals surface area contributed by atoms with Gasteiger partial charge in [-0.25, -0.2) is 0 Å². The second-order valence-electron chi connectivity index (χ2n) is 6.91. The van der Waals surface area contributed by atoms with Gasteiger partial charge in [-0.1, -0.05) is 26.8 Å². The minimum atomic E-state index is -4.48. The van der Waals surface area contributed by atoms with Gasteiger partial charge in [-0.3, -0.25) is 9.59 Å². The fourth-order valence-electron chi connectivity index (χ4n) is 2.60. The second-order valence-corrected chi connectivity index (χ2v) is 6.91. The van der Waals surface area contributed by atoms with Crippen molar-refractivity contribution in [2.75, 3.05) is 26.2 Å². The molecule has 0 atom stereocenters. The molecule has 7 heteroatoms. The smallest absolute Gasteiger partial charge is 0.339 e. The molecule has 2 amide bonds. The largest absolute Gasteiger partial charge is 0.416 e. The maximum Gasteiger partial charge on any atom is 0.416 e. The van der Waals surface area contributed by atoms with Crippen LogP contribution in [-0.2, 0) is 11.0 Å². The fourth-order valence-corrected chi connectivity index (χ4v) is 2.60. The monoisotopic (exact) mass is 342 g/mol. The predicted octanol–water partition coefficient (Wildman–Crippen LogP) is 3.04. The molecule has 1 aromatic rings. The minimum absolute atomic E-state index is 0.00803. The second kappa shape index (κ2) is 6.45. The Labute approximate surface area is 139 Å². The Kier molecular flexibility index (Phi) is 4.92. The molecule has 1 aromatic carbocycles. The van der Waals surface area contributed by atoms with E-state index in [1.165, 1.54) is 17.0 Å². The first kappa shape index (κ1) is 18.3. The Morgan fingerprint density at radius 2 is 1.50 bits per heavy atom. The number of amides is 2. The Balaban J connectivity index is 2.05. The zero-order valence-corrected chi connectivity index (χ0v) is 14.0. The first-order valence-electron chi connectivity index (χ1n) is 7.76. The van der Waals surface area contributed by atoms with E-state index in [1.807, 2.05) is 20.8 Å². The van der Waals surface area contributed by atoms with E-state index in [-0.39, 0.29) is 11.5 Å². The van der Waals surface area contributed by atoms with Crippen LogP contribution in [0.4, 0.5) is 13.2 Å². The lowest BCUT2D eigenvalue weighted by Gasteiger charge is -2.37. The summed E-state index contributed by atoms with van der Waals surface area (Å²) in [6, 6.07) is 4.42. The third-order valence-electron chi connectivity index (χ3n) is 3.93. The fraction of sp³-hybridized carbons (Fsp3) is 0.529. The van der Waals surface area contributed by atoms with Crippen LogP contribution < -0.4 is 0 Å². The molecule has 0 N–H and O–H groups in total. The van der Waals surface area contributed by atoms with Gasteiger partial charge < -0.3 is 9.80 Å². The zero-order valence-electron chi connectivity index (χ0n) is 14.0. The molecule has 1 saturated heterocycles. The van der Waals surface area contributed by atoms with Crippen LogP contribution in [0, 0.1) is 5.41 Å². The molecule has 0 spiro atoms. The molecule has 0 saturated carbocycles. The van der Waals surface area contributed by atoms with Crippen LogP contribution in [-0.4, -0.2) is 47.8 Å². The standard InChI is InChI=1S/C17H21F3N2O2/c1-16(2,3)15(24)22-9-7-21(8-10-22)14(23)12-5-4-6-13(11-12)17(18,19)20/h4-6,11H,7-10H2,1-3H3. The molecule has 0 bridgehead atoms. The van der Waals surface area contributed by atoms with Gasteiger partial charge in [0.15, 0.2) is 0 Å². The van der Waals surface area contributed by atoms with E-state index in [0.29, 0.717) is 26.2 Å². The van der Waals surface area contributed by atoms with Gasteiger partial charge in [0.2, 0.25) is 5.91 Å². The van der Waals surface area contributed by atoms with E-state index in [1.54, 1.807) is 4.90 Å². The van der Waals surface area contributed by atoms with Crippen molar-refractivity contribution in [3.63, 3.8) is 0 Å². The normalized spacial score (nSPS) is 16.2. The van der Waals surface area contributed by atoms with Crippen molar-refractivity contribution >= 4 is 11.8 Å². The summed E-state index contributed by atoms with van der Waals surface area (Å²) in [6.07, 6.45) is -4.48. The highest BCUT2D eigenvalue weighted by molar-refractivity contribution is 5.94. The molecule has 1 fully saturated rings. The van der Waals surface area contributed by atoms with Gasteiger partial charge in [-0.15, -0.1) is 0 Å². The van der Waals surface area contributed by atoms with Gasteiger partial charge in [-0.05, 0) is 18.2 Å². The third-order valence-corrected chi connectivity index (χ3v) is 3.93. The van der Waals surface area contributed by atoms with E-state index in [0.717, 1.165) is 12.1 Å². The van der Waals surface area contributed by atoms with Gasteiger partial charge in [0.1, 0.15) is 0 Å². The van der Waals surface area contributed by atoms with Crippen molar-refractivity contribution in [1.29, 1.82) is 0 Å². The molecule has 1 heterocycles. The first-order valence-corrected chi connectivity index (χ1v) is 7.76. The van der Waals surface area contributed by atoms with Crippen molar-refractivity contribution in [2.24, 2.45) is 5.41 Å². The molecule has 2 rings (SSSR count). The van der Waals surface area contributed by atoms with Gasteiger partial charge in [-0.2, -0.15) is 13.2 Å². The van der Waals surface area contributed by atoms with Gasteiger partial charge in [0, 0.05) is 37.2 Å². The lowest BCUT2D eigenvalue weighted by Crippen LogP contribution is -2.53. The van der Waals surface area contributed by atoms with E-state index in [9.17, 15) is 22.8 Å². The maximum atomic E-state index is 12.8. The number of nitrogens with zero attached hydrogens (tertiary/aromatic N) is 2. The molecule has 0 radical (unpaired) electrons. The summed E-state index contributed by atoms with van der Waals surface area (Å²) < 4.78 is 38.3. The summed E-state index contributed by atoms with van der Waals surface area (Å²) in [5.74, 6) is -0.433. The molecular weight excluding hydrogens is 321 g/mol. The highest BCUT2D eigenvalue weighted by Gasteiger charge is 2.33. The number of carbonyl (C=O) groups is 2. The molecule has 4 nitrogen and oxygen atoms in total. The molecule has 0 unspecified atom stereocenters. The predicted molar refractivity (Wildman–Crippen MR) is 83.4 cm³/mol. The van der Waals surface area contributed by atoms with Crippen molar-refractivity contribution in [2.45, 2.75) is 26.9 Å². The lowest BCUT2D eigenvalue weighted by atomic mass is 9.94. The topological polar surface area (TPSA) is 40.6 Å². The number of alkyl halides is 3. The number of halogens is 3. The van der Waals surface area contributed by atoms with Crippen LogP contribution >= 0.6 is 0 Å². The summed E-state index contributed by atoms with van der Waals surface area (Å²) in [4.78, 5) is 27.8. The highest BCUT2D eigenvalue weighted by atomic mass is 19.4. The lowest BCUT2D eigenvalue weighted by molar-refractivity contribution is -0.141. The molecular formula is C17H21F3N2O2. The van der Waals surface area contributed by atoms with E-state index < -0.39 is 23.1 Å². The molecule has 1 aliphatic heterocycles. The van der Waals surface area contributed by atoms with Crippen molar-refractivity contribution in [1.82, 2.24) is 9.80 Å². The molecule has 1 aliphatic rings. The summed E-state index contributed by atoms with van der Waals surface area (Å²) in [7, 11) is 0. The number of carbonyl (C=O) groups excluding carboxylic acids is 2. The third kappa shape index (κ3) is 4.07. The van der Waals surface area contributed by atoms with Crippen LogP contribution in [0.2, 0.25) is 0 Å². The van der Waals surface area contributed by atoms with Crippen LogP contribution in [0.1, 0.15) is 36.7 Å². The van der Waals surface area contributed by atoms with Gasteiger partial charge in [0.05, 0.1) is 5.56 Å². The summed E-state index contributed by atoms with van der Waals surface area (Å²) in [5.41, 5.74) is -1.32. The van der Waals surface area contributed by atoms with Crippen LogP contribution in [0.15, 0.2) is 24.3 Å². The average Bonchev–Trinajstić information content (AvgIpc) is 2.52. The Hall–Kier alpha value is -2.05. The van der Waals surface area contributed by atoms with E-state index in [2.05, 4.69) is 0 Å². The summed E-state index contributed by atoms with van der Waals surface area (Å²) >= 11 is 0. The zero-order chi connectivity index (χ0) is 18.1. The summed E-state index contributed by atoms with van der Waals surface area (Å²) in [5, 5.41) is 0. The quantitative estimate of drug-likeness (QED) is 0.787.